The lowest BCUT2D eigenvalue weighted by Crippen LogP contribution is -2.23. The summed E-state index contributed by atoms with van der Waals surface area (Å²) >= 11 is 1.28. The Morgan fingerprint density at radius 2 is 2.11 bits per heavy atom. The van der Waals surface area contributed by atoms with Gasteiger partial charge in [-0.05, 0) is 17.5 Å². The van der Waals surface area contributed by atoms with Crippen LogP contribution < -0.4 is 5.32 Å². The number of benzene rings is 1. The van der Waals surface area contributed by atoms with Gasteiger partial charge in [-0.3, -0.25) is 14.9 Å². The van der Waals surface area contributed by atoms with Gasteiger partial charge >= 0.3 is 0 Å². The molecule has 0 radical (unpaired) electrons. The molecule has 19 heavy (non-hydrogen) atoms. The number of hydrogen-bond donors (Lipinski definition) is 1. The van der Waals surface area contributed by atoms with Crippen molar-refractivity contribution in [3.8, 4) is 0 Å². The van der Waals surface area contributed by atoms with Crippen molar-refractivity contribution in [3.05, 3.63) is 53.0 Å². The maximum absolute atomic E-state index is 12.1. The molecule has 1 amide bonds. The number of ketones is 1. The second-order valence-corrected chi connectivity index (χ2v) is 4.99. The molecule has 0 atom stereocenters. The largest absolute Gasteiger partial charge is 0.298 e. The van der Waals surface area contributed by atoms with Crippen molar-refractivity contribution in [2.24, 2.45) is 0 Å². The van der Waals surface area contributed by atoms with Crippen LogP contribution >= 0.6 is 11.3 Å². The third-order valence-electron chi connectivity index (χ3n) is 2.94. The lowest BCUT2D eigenvalue weighted by atomic mass is 10.0. The Hall–Kier alpha value is -2.27. The average molecular weight is 270 g/mol. The Kier molecular flexibility index (Phi) is 2.97. The van der Waals surface area contributed by atoms with E-state index in [0.717, 1.165) is 11.1 Å². The molecule has 1 aliphatic carbocycles. The van der Waals surface area contributed by atoms with Crippen molar-refractivity contribution in [1.29, 1.82) is 0 Å². The molecule has 1 aromatic carbocycles. The molecule has 1 aromatic heterocycles. The minimum absolute atomic E-state index is 0.435. The summed E-state index contributed by atoms with van der Waals surface area (Å²) in [5, 5.41) is 4.68. The molecule has 3 rings (SSSR count). The molecule has 4 nitrogen and oxygen atoms in total. The van der Waals surface area contributed by atoms with Crippen LogP contribution in [0.5, 0.6) is 0 Å². The molecule has 0 spiro atoms. The molecule has 0 saturated carbocycles. The number of carbonyl (C=O) groups is 2. The molecule has 0 unspecified atom stereocenters. The molecule has 94 valence electrons. The second-order valence-electron chi connectivity index (χ2n) is 4.10. The van der Waals surface area contributed by atoms with E-state index in [2.05, 4.69) is 10.3 Å². The molecule has 5 heteroatoms. The summed E-state index contributed by atoms with van der Waals surface area (Å²) in [7, 11) is 0. The molecule has 1 aliphatic rings. The highest BCUT2D eigenvalue weighted by atomic mass is 32.1. The maximum atomic E-state index is 12.1. The first kappa shape index (κ1) is 11.8. The number of fused-ring (bicyclic) bond motifs is 1. The molecule has 0 aliphatic heterocycles. The second kappa shape index (κ2) is 4.78. The number of allylic oxidation sites excluding steroid dienone is 1. The zero-order valence-electron chi connectivity index (χ0n) is 9.92. The topological polar surface area (TPSA) is 59.1 Å². The van der Waals surface area contributed by atoms with Gasteiger partial charge in [0.2, 0.25) is 0 Å². The normalized spacial score (nSPS) is 12.7. The van der Waals surface area contributed by atoms with Crippen LogP contribution in [-0.4, -0.2) is 16.7 Å². The van der Waals surface area contributed by atoms with Gasteiger partial charge in [0.05, 0.1) is 0 Å². The summed E-state index contributed by atoms with van der Waals surface area (Å²) in [4.78, 5) is 27.9. The molecule has 2 aromatic rings. The Bertz CT molecular complexity index is 675. The fourth-order valence-electron chi connectivity index (χ4n) is 2.06. The molecule has 0 fully saturated rings. The Balaban J connectivity index is 1.80. The van der Waals surface area contributed by atoms with Crippen LogP contribution in [0.3, 0.4) is 0 Å². The third kappa shape index (κ3) is 2.20. The Morgan fingerprint density at radius 1 is 1.26 bits per heavy atom. The number of hydrogen-bond acceptors (Lipinski definition) is 4. The van der Waals surface area contributed by atoms with Gasteiger partial charge in [-0.1, -0.05) is 30.3 Å². The van der Waals surface area contributed by atoms with E-state index >= 15 is 0 Å². The lowest BCUT2D eigenvalue weighted by Gasteiger charge is -2.04. The highest BCUT2D eigenvalue weighted by molar-refractivity contribution is 7.13. The Labute approximate surface area is 113 Å². The van der Waals surface area contributed by atoms with E-state index in [0.29, 0.717) is 17.1 Å². The van der Waals surface area contributed by atoms with E-state index in [9.17, 15) is 9.59 Å². The van der Waals surface area contributed by atoms with Crippen molar-refractivity contribution in [2.45, 2.75) is 6.42 Å². The van der Waals surface area contributed by atoms with Crippen molar-refractivity contribution in [1.82, 2.24) is 4.98 Å². The Morgan fingerprint density at radius 3 is 2.89 bits per heavy atom. The van der Waals surface area contributed by atoms with Gasteiger partial charge in [0.25, 0.3) is 11.7 Å². The van der Waals surface area contributed by atoms with Crippen LogP contribution in [0.25, 0.3) is 5.57 Å². The lowest BCUT2D eigenvalue weighted by molar-refractivity contribution is -0.131. The van der Waals surface area contributed by atoms with Gasteiger partial charge in [-0.15, -0.1) is 11.3 Å². The molecule has 1 N–H and O–H groups in total. The van der Waals surface area contributed by atoms with E-state index < -0.39 is 11.7 Å². The van der Waals surface area contributed by atoms with E-state index in [4.69, 9.17) is 0 Å². The third-order valence-corrected chi connectivity index (χ3v) is 3.63. The summed E-state index contributed by atoms with van der Waals surface area (Å²) in [5.41, 5.74) is 2.40. The molecule has 0 bridgehead atoms. The summed E-state index contributed by atoms with van der Waals surface area (Å²) in [5.74, 6) is -1.15. The standard InChI is InChI=1S/C14H10N2O2S/c17-12(13(18)16-14-15-7-8-19-14)11-6-5-9-3-1-2-4-10(9)11/h1-4,6-8H,5H2,(H,15,16,18). The van der Waals surface area contributed by atoms with Gasteiger partial charge in [0, 0.05) is 17.2 Å². The molecule has 0 saturated heterocycles. The number of Topliss-reactive ketones (excluding diaryl/α,β-unsaturated/α-hetero) is 1. The van der Waals surface area contributed by atoms with Crippen LogP contribution in [0.2, 0.25) is 0 Å². The summed E-state index contributed by atoms with van der Waals surface area (Å²) in [6.07, 6.45) is 4.07. The highest BCUT2D eigenvalue weighted by Gasteiger charge is 2.25. The SMILES string of the molecule is O=C(Nc1nccs1)C(=O)C1=CCc2ccccc21. The van der Waals surface area contributed by atoms with E-state index in [1.165, 1.54) is 11.3 Å². The fourth-order valence-corrected chi connectivity index (χ4v) is 2.58. The highest BCUT2D eigenvalue weighted by Crippen LogP contribution is 2.28. The van der Waals surface area contributed by atoms with Crippen LogP contribution in [0.4, 0.5) is 5.13 Å². The van der Waals surface area contributed by atoms with Crippen molar-refractivity contribution in [2.75, 3.05) is 5.32 Å². The number of anilines is 1. The minimum Gasteiger partial charge on any atom is -0.295 e. The predicted octanol–water partition coefficient (Wildman–Crippen LogP) is 2.29. The van der Waals surface area contributed by atoms with Crippen LogP contribution in [0.1, 0.15) is 11.1 Å². The number of thiazole rings is 1. The number of carbonyl (C=O) groups excluding carboxylic acids is 2. The number of aromatic nitrogens is 1. The summed E-state index contributed by atoms with van der Waals surface area (Å²) < 4.78 is 0. The van der Waals surface area contributed by atoms with Crippen LogP contribution in [-0.2, 0) is 16.0 Å². The number of nitrogens with one attached hydrogen (secondary N) is 1. The molecular weight excluding hydrogens is 260 g/mol. The smallest absolute Gasteiger partial charge is 0.295 e. The monoisotopic (exact) mass is 270 g/mol. The first-order valence-electron chi connectivity index (χ1n) is 5.79. The van der Waals surface area contributed by atoms with Crippen molar-refractivity contribution < 1.29 is 9.59 Å². The van der Waals surface area contributed by atoms with Crippen LogP contribution in [0.15, 0.2) is 41.9 Å². The van der Waals surface area contributed by atoms with E-state index in [1.807, 2.05) is 24.3 Å². The van der Waals surface area contributed by atoms with Crippen molar-refractivity contribution in [3.63, 3.8) is 0 Å². The van der Waals surface area contributed by atoms with Gasteiger partial charge in [-0.2, -0.15) is 0 Å². The quantitative estimate of drug-likeness (QED) is 0.870. The maximum Gasteiger partial charge on any atom is 0.298 e. The van der Waals surface area contributed by atoms with Crippen molar-refractivity contribution >= 4 is 33.7 Å². The summed E-state index contributed by atoms with van der Waals surface area (Å²) in [6.45, 7) is 0. The van der Waals surface area contributed by atoms with Crippen LogP contribution in [0, 0.1) is 0 Å². The first-order chi connectivity index (χ1) is 9.25. The minimum atomic E-state index is -0.641. The predicted molar refractivity (Wildman–Crippen MR) is 73.9 cm³/mol. The van der Waals surface area contributed by atoms with Gasteiger partial charge in [0.1, 0.15) is 0 Å². The zero-order valence-corrected chi connectivity index (χ0v) is 10.7. The number of amides is 1. The van der Waals surface area contributed by atoms with E-state index in [-0.39, 0.29) is 0 Å². The zero-order chi connectivity index (χ0) is 13.2. The average Bonchev–Trinajstić information content (AvgIpc) is 3.06. The van der Waals surface area contributed by atoms with Gasteiger partial charge in [0.15, 0.2) is 5.13 Å². The van der Waals surface area contributed by atoms with Gasteiger partial charge < -0.3 is 0 Å². The first-order valence-corrected chi connectivity index (χ1v) is 6.67. The fraction of sp³-hybridized carbons (Fsp3) is 0.0714. The number of nitrogens with zero attached hydrogens (tertiary/aromatic N) is 1. The van der Waals surface area contributed by atoms with E-state index in [1.54, 1.807) is 17.7 Å². The number of rotatable bonds is 3. The summed E-state index contributed by atoms with van der Waals surface area (Å²) in [6, 6.07) is 7.62. The van der Waals surface area contributed by atoms with Gasteiger partial charge in [-0.25, -0.2) is 4.98 Å². The molecule has 1 heterocycles. The molecular formula is C14H10N2O2S.